The maximum absolute atomic E-state index is 6.08. The molecule has 0 unspecified atom stereocenters. The van der Waals surface area contributed by atoms with Gasteiger partial charge in [0.1, 0.15) is 0 Å². The van der Waals surface area contributed by atoms with E-state index in [1.807, 2.05) is 25.1 Å². The first-order chi connectivity index (χ1) is 8.70. The summed E-state index contributed by atoms with van der Waals surface area (Å²) in [5, 5.41) is 4.18. The Labute approximate surface area is 113 Å². The summed E-state index contributed by atoms with van der Waals surface area (Å²) < 4.78 is 0. The van der Waals surface area contributed by atoms with E-state index in [0.29, 0.717) is 6.54 Å². The summed E-state index contributed by atoms with van der Waals surface area (Å²) in [5.41, 5.74) is 10.1. The Morgan fingerprint density at radius 3 is 2.39 bits per heavy atom. The second kappa shape index (κ2) is 5.89. The van der Waals surface area contributed by atoms with E-state index in [4.69, 9.17) is 17.3 Å². The molecule has 0 saturated carbocycles. The van der Waals surface area contributed by atoms with Crippen molar-refractivity contribution in [1.29, 1.82) is 0 Å². The Morgan fingerprint density at radius 1 is 1.06 bits per heavy atom. The summed E-state index contributed by atoms with van der Waals surface area (Å²) in [4.78, 5) is 0. The van der Waals surface area contributed by atoms with Crippen molar-refractivity contribution >= 4 is 17.3 Å². The monoisotopic (exact) mass is 260 g/mol. The van der Waals surface area contributed by atoms with Crippen LogP contribution in [0.3, 0.4) is 0 Å². The summed E-state index contributed by atoms with van der Waals surface area (Å²) in [6.07, 6.45) is 0. The Kier molecular flexibility index (Phi) is 4.24. The maximum atomic E-state index is 6.08. The number of hydrogen-bond acceptors (Lipinski definition) is 2. The average molecular weight is 261 g/mol. The van der Waals surface area contributed by atoms with Crippen molar-refractivity contribution in [2.75, 3.05) is 5.32 Å². The van der Waals surface area contributed by atoms with Crippen LogP contribution in [-0.4, -0.2) is 0 Å². The van der Waals surface area contributed by atoms with Crippen LogP contribution in [0.5, 0.6) is 0 Å². The van der Waals surface area contributed by atoms with Gasteiger partial charge in [0.25, 0.3) is 0 Å². The van der Waals surface area contributed by atoms with Crippen LogP contribution in [0, 0.1) is 6.92 Å². The van der Waals surface area contributed by atoms with Crippen molar-refractivity contribution in [3.63, 3.8) is 0 Å². The molecule has 94 valence electrons. The Balaban J connectivity index is 2.04. The predicted octanol–water partition coefficient (Wildman–Crippen LogP) is 3.72. The summed E-state index contributed by atoms with van der Waals surface area (Å²) >= 11 is 6.08. The van der Waals surface area contributed by atoms with Gasteiger partial charge in [-0.2, -0.15) is 0 Å². The molecule has 0 aromatic heterocycles. The maximum Gasteiger partial charge on any atom is 0.0455 e. The normalized spacial score (nSPS) is 10.4. The smallest absolute Gasteiger partial charge is 0.0455 e. The molecular formula is C15H17ClN2. The van der Waals surface area contributed by atoms with Gasteiger partial charge in [0, 0.05) is 23.8 Å². The fourth-order valence-electron chi connectivity index (χ4n) is 1.79. The van der Waals surface area contributed by atoms with Crippen LogP contribution >= 0.6 is 11.6 Å². The highest BCUT2D eigenvalue weighted by Crippen LogP contribution is 2.23. The second-order valence-corrected chi connectivity index (χ2v) is 4.69. The zero-order valence-electron chi connectivity index (χ0n) is 10.4. The first-order valence-corrected chi connectivity index (χ1v) is 6.35. The van der Waals surface area contributed by atoms with Crippen molar-refractivity contribution in [2.24, 2.45) is 5.73 Å². The van der Waals surface area contributed by atoms with Gasteiger partial charge in [-0.3, -0.25) is 0 Å². The number of hydrogen-bond donors (Lipinski definition) is 2. The Hall–Kier alpha value is -1.51. The molecule has 0 fully saturated rings. The standard InChI is InChI=1S/C15H17ClN2/c1-11-14(16)3-2-4-15(11)18-10-13-7-5-12(9-17)6-8-13/h2-8,18H,9-10,17H2,1H3. The van der Waals surface area contributed by atoms with Crippen LogP contribution in [0.4, 0.5) is 5.69 Å². The fraction of sp³-hybridized carbons (Fsp3) is 0.200. The molecular weight excluding hydrogens is 244 g/mol. The van der Waals surface area contributed by atoms with E-state index in [1.165, 1.54) is 5.56 Å². The van der Waals surface area contributed by atoms with Gasteiger partial charge in [-0.25, -0.2) is 0 Å². The second-order valence-electron chi connectivity index (χ2n) is 4.29. The van der Waals surface area contributed by atoms with Crippen LogP contribution in [0.1, 0.15) is 16.7 Å². The zero-order chi connectivity index (χ0) is 13.0. The van der Waals surface area contributed by atoms with Crippen LogP contribution in [0.15, 0.2) is 42.5 Å². The summed E-state index contributed by atoms with van der Waals surface area (Å²) in [7, 11) is 0. The summed E-state index contributed by atoms with van der Waals surface area (Å²) in [6, 6.07) is 14.2. The molecule has 2 aromatic rings. The van der Waals surface area contributed by atoms with Crippen molar-refractivity contribution in [1.82, 2.24) is 0 Å². The SMILES string of the molecule is Cc1c(Cl)cccc1NCc1ccc(CN)cc1. The highest BCUT2D eigenvalue weighted by Gasteiger charge is 2.01. The highest BCUT2D eigenvalue weighted by molar-refractivity contribution is 6.31. The topological polar surface area (TPSA) is 38.0 Å². The van der Waals surface area contributed by atoms with E-state index < -0.39 is 0 Å². The molecule has 0 amide bonds. The van der Waals surface area contributed by atoms with Gasteiger partial charge < -0.3 is 11.1 Å². The van der Waals surface area contributed by atoms with Crippen LogP contribution < -0.4 is 11.1 Å². The fourth-order valence-corrected chi connectivity index (χ4v) is 1.96. The van der Waals surface area contributed by atoms with Crippen LogP contribution in [0.2, 0.25) is 5.02 Å². The first kappa shape index (κ1) is 12.9. The Morgan fingerprint density at radius 2 is 1.72 bits per heavy atom. The lowest BCUT2D eigenvalue weighted by Crippen LogP contribution is -2.02. The van der Waals surface area contributed by atoms with Crippen molar-refractivity contribution in [3.8, 4) is 0 Å². The molecule has 0 bridgehead atoms. The van der Waals surface area contributed by atoms with Crippen molar-refractivity contribution in [2.45, 2.75) is 20.0 Å². The van der Waals surface area contributed by atoms with Gasteiger partial charge in [0.2, 0.25) is 0 Å². The lowest BCUT2D eigenvalue weighted by Gasteiger charge is -2.11. The number of nitrogens with two attached hydrogens (primary N) is 1. The molecule has 2 nitrogen and oxygen atoms in total. The van der Waals surface area contributed by atoms with Gasteiger partial charge in [-0.1, -0.05) is 41.9 Å². The lowest BCUT2D eigenvalue weighted by atomic mass is 10.1. The molecule has 0 aliphatic rings. The first-order valence-electron chi connectivity index (χ1n) is 5.97. The molecule has 0 aliphatic carbocycles. The third-order valence-corrected chi connectivity index (χ3v) is 3.42. The molecule has 0 atom stereocenters. The highest BCUT2D eigenvalue weighted by atomic mass is 35.5. The number of benzene rings is 2. The molecule has 0 aliphatic heterocycles. The minimum absolute atomic E-state index is 0.584. The average Bonchev–Trinajstić information content (AvgIpc) is 2.41. The molecule has 2 rings (SSSR count). The quantitative estimate of drug-likeness (QED) is 0.879. The van der Waals surface area contributed by atoms with E-state index in [-0.39, 0.29) is 0 Å². The Bertz CT molecular complexity index is 521. The molecule has 0 heterocycles. The number of rotatable bonds is 4. The predicted molar refractivity (Wildman–Crippen MR) is 77.8 cm³/mol. The lowest BCUT2D eigenvalue weighted by molar-refractivity contribution is 1.06. The molecule has 3 N–H and O–H groups in total. The third-order valence-electron chi connectivity index (χ3n) is 3.01. The van der Waals surface area contributed by atoms with Crippen molar-refractivity contribution < 1.29 is 0 Å². The van der Waals surface area contributed by atoms with Crippen LogP contribution in [-0.2, 0) is 13.1 Å². The molecule has 0 radical (unpaired) electrons. The zero-order valence-corrected chi connectivity index (χ0v) is 11.2. The van der Waals surface area contributed by atoms with Gasteiger partial charge in [0.05, 0.1) is 0 Å². The van der Waals surface area contributed by atoms with Crippen molar-refractivity contribution in [3.05, 3.63) is 64.2 Å². The number of anilines is 1. The molecule has 0 saturated heterocycles. The van der Waals surface area contributed by atoms with E-state index >= 15 is 0 Å². The van der Waals surface area contributed by atoms with E-state index in [1.54, 1.807) is 0 Å². The van der Waals surface area contributed by atoms with E-state index in [2.05, 4.69) is 29.6 Å². The molecule has 0 spiro atoms. The van der Waals surface area contributed by atoms with Crippen LogP contribution in [0.25, 0.3) is 0 Å². The van der Waals surface area contributed by atoms with E-state index in [9.17, 15) is 0 Å². The molecule has 3 heteroatoms. The number of halogens is 1. The summed E-state index contributed by atoms with van der Waals surface area (Å²) in [6.45, 7) is 3.38. The van der Waals surface area contributed by atoms with Gasteiger partial charge >= 0.3 is 0 Å². The van der Waals surface area contributed by atoms with Gasteiger partial charge in [0.15, 0.2) is 0 Å². The third kappa shape index (κ3) is 3.03. The minimum Gasteiger partial charge on any atom is -0.381 e. The minimum atomic E-state index is 0.584. The summed E-state index contributed by atoms with van der Waals surface area (Å²) in [5.74, 6) is 0. The van der Waals surface area contributed by atoms with E-state index in [0.717, 1.165) is 28.4 Å². The molecule has 18 heavy (non-hydrogen) atoms. The van der Waals surface area contributed by atoms with Gasteiger partial charge in [-0.15, -0.1) is 0 Å². The number of nitrogens with one attached hydrogen (secondary N) is 1. The molecule has 2 aromatic carbocycles. The largest absolute Gasteiger partial charge is 0.381 e. The van der Waals surface area contributed by atoms with Gasteiger partial charge in [-0.05, 0) is 35.7 Å².